The van der Waals surface area contributed by atoms with E-state index in [1.165, 1.54) is 43.3 Å². The molecule has 2 aromatic rings. The van der Waals surface area contributed by atoms with Crippen molar-refractivity contribution in [1.29, 1.82) is 0 Å². The lowest BCUT2D eigenvalue weighted by Gasteiger charge is -2.17. The van der Waals surface area contributed by atoms with Crippen LogP contribution < -0.4 is 10.1 Å². The van der Waals surface area contributed by atoms with Gasteiger partial charge in [-0.3, -0.25) is 9.59 Å². The molecule has 0 aliphatic heterocycles. The molecule has 0 aromatic heterocycles. The maximum Gasteiger partial charge on any atom is 0.244 e. The number of hydrogen-bond acceptors (Lipinski definition) is 3. The van der Waals surface area contributed by atoms with E-state index in [4.69, 9.17) is 16.3 Å². The molecule has 7 heteroatoms. The molecule has 0 aliphatic carbocycles. The highest BCUT2D eigenvalue weighted by Gasteiger charge is 2.15. The van der Waals surface area contributed by atoms with Gasteiger partial charge in [-0.25, -0.2) is 4.39 Å². The topological polar surface area (TPSA) is 58.6 Å². The molecule has 0 fully saturated rings. The van der Waals surface area contributed by atoms with Gasteiger partial charge in [0.25, 0.3) is 0 Å². The van der Waals surface area contributed by atoms with Crippen LogP contribution in [-0.2, 0) is 16.0 Å². The van der Waals surface area contributed by atoms with Gasteiger partial charge in [0.2, 0.25) is 11.8 Å². The minimum atomic E-state index is -0.379. The van der Waals surface area contributed by atoms with Crippen molar-refractivity contribution in [3.63, 3.8) is 0 Å². The number of methoxy groups -OCH3 is 1. The van der Waals surface area contributed by atoms with E-state index >= 15 is 0 Å². The van der Waals surface area contributed by atoms with Crippen LogP contribution >= 0.6 is 11.6 Å². The first-order chi connectivity index (χ1) is 11.9. The van der Waals surface area contributed by atoms with E-state index in [0.717, 1.165) is 0 Å². The number of hydrogen-bond donors (Lipinski definition) is 1. The largest absolute Gasteiger partial charge is 0.495 e. The molecule has 25 heavy (non-hydrogen) atoms. The zero-order valence-electron chi connectivity index (χ0n) is 13.9. The minimum Gasteiger partial charge on any atom is -0.495 e. The molecule has 0 radical (unpaired) electrons. The van der Waals surface area contributed by atoms with Crippen molar-refractivity contribution >= 4 is 29.1 Å². The van der Waals surface area contributed by atoms with Crippen LogP contribution in [0.2, 0.25) is 5.02 Å². The van der Waals surface area contributed by atoms with Gasteiger partial charge in [0, 0.05) is 12.1 Å². The Morgan fingerprint density at radius 2 is 1.88 bits per heavy atom. The van der Waals surface area contributed by atoms with Gasteiger partial charge < -0.3 is 15.0 Å². The number of nitrogens with one attached hydrogen (secondary N) is 1. The number of likely N-dealkylation sites (N-methyl/N-ethyl adjacent to an activating group) is 1. The average Bonchev–Trinajstić information content (AvgIpc) is 2.57. The van der Waals surface area contributed by atoms with Crippen molar-refractivity contribution in [2.24, 2.45) is 0 Å². The van der Waals surface area contributed by atoms with Gasteiger partial charge in [-0.2, -0.15) is 0 Å². The monoisotopic (exact) mass is 364 g/mol. The summed E-state index contributed by atoms with van der Waals surface area (Å²) in [7, 11) is 3.01. The smallest absolute Gasteiger partial charge is 0.244 e. The Morgan fingerprint density at radius 3 is 2.52 bits per heavy atom. The van der Waals surface area contributed by atoms with Gasteiger partial charge in [-0.05, 0) is 35.9 Å². The first-order valence-electron chi connectivity index (χ1n) is 7.51. The molecule has 0 unspecified atom stereocenters. The predicted molar refractivity (Wildman–Crippen MR) is 94.4 cm³/mol. The normalized spacial score (nSPS) is 10.2. The van der Waals surface area contributed by atoms with E-state index in [1.54, 1.807) is 18.2 Å². The number of rotatable bonds is 6. The summed E-state index contributed by atoms with van der Waals surface area (Å²) in [6, 6.07) is 10.5. The molecule has 0 heterocycles. The van der Waals surface area contributed by atoms with Gasteiger partial charge >= 0.3 is 0 Å². The van der Waals surface area contributed by atoms with Gasteiger partial charge in [0.1, 0.15) is 11.6 Å². The van der Waals surface area contributed by atoms with Crippen LogP contribution in [0.4, 0.5) is 10.1 Å². The Kier molecular flexibility index (Phi) is 6.36. The fraction of sp³-hybridized carbons (Fsp3) is 0.222. The highest BCUT2D eigenvalue weighted by Crippen LogP contribution is 2.27. The van der Waals surface area contributed by atoms with Crippen molar-refractivity contribution in [2.75, 3.05) is 26.0 Å². The molecule has 0 saturated heterocycles. The summed E-state index contributed by atoms with van der Waals surface area (Å²) in [4.78, 5) is 25.6. The molecule has 132 valence electrons. The van der Waals surface area contributed by atoms with E-state index in [0.29, 0.717) is 22.0 Å². The third kappa shape index (κ3) is 5.46. The molecule has 2 amide bonds. The maximum absolute atomic E-state index is 12.9. The van der Waals surface area contributed by atoms with E-state index < -0.39 is 0 Å². The SMILES string of the molecule is COc1ccc(Cl)cc1NC(=O)CN(C)C(=O)Cc1ccc(F)cc1. The third-order valence-electron chi connectivity index (χ3n) is 3.51. The molecule has 1 N–H and O–H groups in total. The summed E-state index contributed by atoms with van der Waals surface area (Å²) >= 11 is 5.92. The van der Waals surface area contributed by atoms with E-state index in [-0.39, 0.29) is 30.6 Å². The average molecular weight is 365 g/mol. The summed E-state index contributed by atoms with van der Waals surface area (Å²) in [5, 5.41) is 3.12. The van der Waals surface area contributed by atoms with Crippen LogP contribution in [-0.4, -0.2) is 37.4 Å². The zero-order chi connectivity index (χ0) is 18.4. The summed E-state index contributed by atoms with van der Waals surface area (Å²) in [5.41, 5.74) is 1.11. The molecule has 2 rings (SSSR count). The second-order valence-corrected chi connectivity index (χ2v) is 5.88. The number of carbonyl (C=O) groups is 2. The summed E-state index contributed by atoms with van der Waals surface area (Å²) in [6.45, 7) is -0.129. The Morgan fingerprint density at radius 1 is 1.20 bits per heavy atom. The molecule has 0 saturated carbocycles. The highest BCUT2D eigenvalue weighted by atomic mass is 35.5. The molecule has 0 bridgehead atoms. The van der Waals surface area contributed by atoms with Crippen molar-refractivity contribution < 1.29 is 18.7 Å². The second-order valence-electron chi connectivity index (χ2n) is 5.45. The zero-order valence-corrected chi connectivity index (χ0v) is 14.6. The molecule has 5 nitrogen and oxygen atoms in total. The van der Waals surface area contributed by atoms with Crippen molar-refractivity contribution in [3.05, 3.63) is 58.9 Å². The predicted octanol–water partition coefficient (Wildman–Crippen LogP) is 3.13. The van der Waals surface area contributed by atoms with Gasteiger partial charge in [-0.1, -0.05) is 23.7 Å². The van der Waals surface area contributed by atoms with Crippen LogP contribution in [0.25, 0.3) is 0 Å². The van der Waals surface area contributed by atoms with Crippen molar-refractivity contribution in [3.8, 4) is 5.75 Å². The minimum absolute atomic E-state index is 0.0878. The molecular formula is C18H18ClFN2O3. The second kappa shape index (κ2) is 8.48. The van der Waals surface area contributed by atoms with Crippen LogP contribution in [0.3, 0.4) is 0 Å². The number of ether oxygens (including phenoxy) is 1. The lowest BCUT2D eigenvalue weighted by molar-refractivity contribution is -0.132. The molecule has 0 atom stereocenters. The third-order valence-corrected chi connectivity index (χ3v) is 3.75. The molecule has 0 aliphatic rings. The fourth-order valence-electron chi connectivity index (χ4n) is 2.18. The number of amides is 2. The van der Waals surface area contributed by atoms with Gasteiger partial charge in [-0.15, -0.1) is 0 Å². The quantitative estimate of drug-likeness (QED) is 0.856. The summed E-state index contributed by atoms with van der Waals surface area (Å²) in [6.07, 6.45) is 0.0878. The Labute approximate surface area is 150 Å². The summed E-state index contributed by atoms with van der Waals surface area (Å²) in [5.74, 6) is -0.521. The number of carbonyl (C=O) groups excluding carboxylic acids is 2. The van der Waals surface area contributed by atoms with Gasteiger partial charge in [0.05, 0.1) is 25.8 Å². The van der Waals surface area contributed by atoms with Gasteiger partial charge in [0.15, 0.2) is 0 Å². The van der Waals surface area contributed by atoms with E-state index in [9.17, 15) is 14.0 Å². The molecular weight excluding hydrogens is 347 g/mol. The van der Waals surface area contributed by atoms with Crippen LogP contribution in [0.15, 0.2) is 42.5 Å². The lowest BCUT2D eigenvalue weighted by Crippen LogP contribution is -2.35. The molecule has 2 aromatic carbocycles. The van der Waals surface area contributed by atoms with E-state index in [1.807, 2.05) is 0 Å². The van der Waals surface area contributed by atoms with Crippen molar-refractivity contribution in [2.45, 2.75) is 6.42 Å². The van der Waals surface area contributed by atoms with Crippen LogP contribution in [0.1, 0.15) is 5.56 Å². The number of benzene rings is 2. The van der Waals surface area contributed by atoms with E-state index in [2.05, 4.69) is 5.32 Å². The number of halogens is 2. The molecule has 0 spiro atoms. The maximum atomic E-state index is 12.9. The fourth-order valence-corrected chi connectivity index (χ4v) is 2.36. The highest BCUT2D eigenvalue weighted by molar-refractivity contribution is 6.31. The first kappa shape index (κ1) is 18.7. The van der Waals surface area contributed by atoms with Crippen LogP contribution in [0.5, 0.6) is 5.75 Å². The Bertz CT molecular complexity index is 765. The van der Waals surface area contributed by atoms with Crippen LogP contribution in [0, 0.1) is 5.82 Å². The number of nitrogens with zero attached hydrogens (tertiary/aromatic N) is 1. The standard InChI is InChI=1S/C18H18ClFN2O3/c1-22(18(24)9-12-3-6-14(20)7-4-12)11-17(23)21-15-10-13(19)5-8-16(15)25-2/h3-8,10H,9,11H2,1-2H3,(H,21,23). The first-order valence-corrected chi connectivity index (χ1v) is 7.88. The van der Waals surface area contributed by atoms with Crippen molar-refractivity contribution in [1.82, 2.24) is 4.90 Å². The number of anilines is 1. The Balaban J connectivity index is 1.94. The lowest BCUT2D eigenvalue weighted by atomic mass is 10.1. The Hall–Kier alpha value is -2.60. The summed E-state index contributed by atoms with van der Waals surface area (Å²) < 4.78 is 18.0.